The molecule has 2 nitrogen and oxygen atoms in total. The lowest BCUT2D eigenvalue weighted by Gasteiger charge is -2.09. The van der Waals surface area contributed by atoms with Crippen LogP contribution in [-0.4, -0.2) is 16.8 Å². The molecule has 1 N–H and O–H groups in total. The van der Waals surface area contributed by atoms with Gasteiger partial charge in [-0.25, -0.2) is 0 Å². The van der Waals surface area contributed by atoms with Gasteiger partial charge in [-0.1, -0.05) is 19.1 Å². The van der Waals surface area contributed by atoms with Crippen molar-refractivity contribution in [3.63, 3.8) is 0 Å². The molecular formula is C11H12O2S. The molecule has 1 aliphatic heterocycles. The fraction of sp³-hybridized carbons (Fsp3) is 0.364. The van der Waals surface area contributed by atoms with Crippen molar-refractivity contribution in [1.82, 2.24) is 0 Å². The third-order valence-corrected chi connectivity index (χ3v) is 3.81. The molecule has 1 heterocycles. The fourth-order valence-corrected chi connectivity index (χ4v) is 3.15. The van der Waals surface area contributed by atoms with Crippen molar-refractivity contribution in [2.75, 3.05) is 5.75 Å². The SMILES string of the molecule is CC1CSc2cccc(CC(=O)O)c21. The molecule has 1 unspecified atom stereocenters. The van der Waals surface area contributed by atoms with Crippen molar-refractivity contribution in [2.24, 2.45) is 0 Å². The minimum Gasteiger partial charge on any atom is -0.481 e. The fourth-order valence-electron chi connectivity index (χ4n) is 1.89. The Morgan fingerprint density at radius 2 is 2.43 bits per heavy atom. The van der Waals surface area contributed by atoms with Gasteiger partial charge in [0.2, 0.25) is 0 Å². The topological polar surface area (TPSA) is 37.3 Å². The third kappa shape index (κ3) is 1.64. The van der Waals surface area contributed by atoms with Gasteiger partial charge in [0, 0.05) is 10.6 Å². The molecule has 1 aliphatic rings. The van der Waals surface area contributed by atoms with Crippen molar-refractivity contribution in [3.8, 4) is 0 Å². The molecule has 1 atom stereocenters. The molecule has 2 rings (SSSR count). The van der Waals surface area contributed by atoms with E-state index in [1.807, 2.05) is 23.9 Å². The molecule has 0 radical (unpaired) electrons. The van der Waals surface area contributed by atoms with Crippen LogP contribution in [-0.2, 0) is 11.2 Å². The van der Waals surface area contributed by atoms with Crippen LogP contribution in [0, 0.1) is 0 Å². The molecule has 0 bridgehead atoms. The molecular weight excluding hydrogens is 196 g/mol. The molecule has 1 aromatic rings. The molecule has 0 saturated carbocycles. The highest BCUT2D eigenvalue weighted by atomic mass is 32.2. The van der Waals surface area contributed by atoms with E-state index in [1.54, 1.807) is 0 Å². The van der Waals surface area contributed by atoms with Gasteiger partial charge in [0.05, 0.1) is 6.42 Å². The molecule has 0 aromatic heterocycles. The quantitative estimate of drug-likeness (QED) is 0.811. The standard InChI is InChI=1S/C11H12O2S/c1-7-6-14-9-4-2-3-8(11(7)9)5-10(12)13/h2-4,7H,5-6H2,1H3,(H,12,13). The van der Waals surface area contributed by atoms with E-state index in [-0.39, 0.29) is 6.42 Å². The predicted octanol–water partition coefficient (Wildman–Crippen LogP) is 2.52. The number of rotatable bonds is 2. The molecule has 74 valence electrons. The Kier molecular flexibility index (Phi) is 2.50. The van der Waals surface area contributed by atoms with Gasteiger partial charge in [0.25, 0.3) is 0 Å². The lowest BCUT2D eigenvalue weighted by Crippen LogP contribution is -2.04. The van der Waals surface area contributed by atoms with E-state index in [0.29, 0.717) is 5.92 Å². The highest BCUT2D eigenvalue weighted by Crippen LogP contribution is 2.41. The van der Waals surface area contributed by atoms with E-state index in [1.165, 1.54) is 10.5 Å². The van der Waals surface area contributed by atoms with Crippen molar-refractivity contribution < 1.29 is 9.90 Å². The number of fused-ring (bicyclic) bond motifs is 1. The van der Waals surface area contributed by atoms with Crippen molar-refractivity contribution in [2.45, 2.75) is 24.2 Å². The number of carboxylic acid groups (broad SMARTS) is 1. The molecule has 3 heteroatoms. The van der Waals surface area contributed by atoms with Crippen LogP contribution >= 0.6 is 11.8 Å². The maximum Gasteiger partial charge on any atom is 0.307 e. The first-order chi connectivity index (χ1) is 6.68. The minimum atomic E-state index is -0.748. The summed E-state index contributed by atoms with van der Waals surface area (Å²) in [4.78, 5) is 11.9. The van der Waals surface area contributed by atoms with Gasteiger partial charge in [-0.05, 0) is 23.1 Å². The lowest BCUT2D eigenvalue weighted by atomic mass is 9.95. The zero-order valence-corrected chi connectivity index (χ0v) is 8.80. The van der Waals surface area contributed by atoms with Crippen LogP contribution in [0.15, 0.2) is 23.1 Å². The largest absolute Gasteiger partial charge is 0.481 e. The zero-order valence-electron chi connectivity index (χ0n) is 7.99. The van der Waals surface area contributed by atoms with Gasteiger partial charge >= 0.3 is 5.97 Å². The normalized spacial score (nSPS) is 19.4. The second-order valence-corrected chi connectivity index (χ2v) is 4.67. The number of aliphatic carboxylic acids is 1. The van der Waals surface area contributed by atoms with Crippen molar-refractivity contribution in [1.29, 1.82) is 0 Å². The van der Waals surface area contributed by atoms with Crippen molar-refractivity contribution in [3.05, 3.63) is 29.3 Å². The van der Waals surface area contributed by atoms with E-state index in [9.17, 15) is 4.79 Å². The molecule has 14 heavy (non-hydrogen) atoms. The first-order valence-electron chi connectivity index (χ1n) is 4.65. The number of benzene rings is 1. The first-order valence-corrected chi connectivity index (χ1v) is 5.63. The Morgan fingerprint density at radius 1 is 1.64 bits per heavy atom. The van der Waals surface area contributed by atoms with Crippen LogP contribution < -0.4 is 0 Å². The monoisotopic (exact) mass is 208 g/mol. The highest BCUT2D eigenvalue weighted by Gasteiger charge is 2.22. The van der Waals surface area contributed by atoms with Crippen LogP contribution in [0.1, 0.15) is 24.0 Å². The van der Waals surface area contributed by atoms with Gasteiger partial charge < -0.3 is 5.11 Å². The van der Waals surface area contributed by atoms with E-state index in [0.717, 1.165) is 11.3 Å². The average molecular weight is 208 g/mol. The lowest BCUT2D eigenvalue weighted by molar-refractivity contribution is -0.136. The van der Waals surface area contributed by atoms with Gasteiger partial charge in [0.15, 0.2) is 0 Å². The summed E-state index contributed by atoms with van der Waals surface area (Å²) in [6.45, 7) is 2.16. The number of hydrogen-bond acceptors (Lipinski definition) is 2. The Morgan fingerprint density at radius 3 is 3.14 bits per heavy atom. The first kappa shape index (κ1) is 9.59. The van der Waals surface area contributed by atoms with Crippen LogP contribution in [0.5, 0.6) is 0 Å². The predicted molar refractivity (Wildman–Crippen MR) is 56.9 cm³/mol. The molecule has 1 aromatic carbocycles. The maximum absolute atomic E-state index is 10.7. The molecule has 0 saturated heterocycles. The second-order valence-electron chi connectivity index (χ2n) is 3.61. The summed E-state index contributed by atoms with van der Waals surface area (Å²) >= 11 is 1.82. The van der Waals surface area contributed by atoms with Crippen molar-refractivity contribution >= 4 is 17.7 Å². The summed E-state index contributed by atoms with van der Waals surface area (Å²) in [6, 6.07) is 5.95. The molecule has 0 fully saturated rings. The molecule has 0 spiro atoms. The van der Waals surface area contributed by atoms with Gasteiger partial charge in [0.1, 0.15) is 0 Å². The zero-order chi connectivity index (χ0) is 10.1. The molecule has 0 amide bonds. The number of carbonyl (C=O) groups is 1. The average Bonchev–Trinajstić information content (AvgIpc) is 2.48. The van der Waals surface area contributed by atoms with Gasteiger partial charge in [-0.3, -0.25) is 4.79 Å². The number of thioether (sulfide) groups is 1. The Bertz CT molecular complexity index is 374. The Hall–Kier alpha value is -0.960. The van der Waals surface area contributed by atoms with E-state index >= 15 is 0 Å². The maximum atomic E-state index is 10.7. The van der Waals surface area contributed by atoms with E-state index in [4.69, 9.17) is 5.11 Å². The highest BCUT2D eigenvalue weighted by molar-refractivity contribution is 7.99. The number of carboxylic acids is 1. The summed E-state index contributed by atoms with van der Waals surface area (Å²) in [5.74, 6) is 0.819. The molecule has 0 aliphatic carbocycles. The summed E-state index contributed by atoms with van der Waals surface area (Å²) < 4.78 is 0. The second kappa shape index (κ2) is 3.65. The summed E-state index contributed by atoms with van der Waals surface area (Å²) in [5.41, 5.74) is 2.23. The van der Waals surface area contributed by atoms with Gasteiger partial charge in [-0.15, -0.1) is 11.8 Å². The van der Waals surface area contributed by atoms with Crippen LogP contribution in [0.25, 0.3) is 0 Å². The minimum absolute atomic E-state index is 0.147. The third-order valence-electron chi connectivity index (χ3n) is 2.48. The van der Waals surface area contributed by atoms with Gasteiger partial charge in [-0.2, -0.15) is 0 Å². The summed E-state index contributed by atoms with van der Waals surface area (Å²) in [5, 5.41) is 8.78. The number of hydrogen-bond donors (Lipinski definition) is 1. The van der Waals surface area contributed by atoms with Crippen LogP contribution in [0.4, 0.5) is 0 Å². The Balaban J connectivity index is 2.41. The smallest absolute Gasteiger partial charge is 0.307 e. The van der Waals surface area contributed by atoms with E-state index < -0.39 is 5.97 Å². The van der Waals surface area contributed by atoms with E-state index in [2.05, 4.69) is 13.0 Å². The summed E-state index contributed by atoms with van der Waals surface area (Å²) in [7, 11) is 0. The van der Waals surface area contributed by atoms with Crippen LogP contribution in [0.3, 0.4) is 0 Å². The summed E-state index contributed by atoms with van der Waals surface area (Å²) in [6.07, 6.45) is 0.147. The van der Waals surface area contributed by atoms with Crippen LogP contribution in [0.2, 0.25) is 0 Å². The Labute approximate surface area is 87.3 Å².